The van der Waals surface area contributed by atoms with Crippen LogP contribution < -0.4 is 39.0 Å². The van der Waals surface area contributed by atoms with Crippen LogP contribution in [0, 0.1) is 0 Å². The van der Waals surface area contributed by atoms with Crippen molar-refractivity contribution in [2.75, 3.05) is 23.8 Å². The predicted octanol–water partition coefficient (Wildman–Crippen LogP) is 1.41. The summed E-state index contributed by atoms with van der Waals surface area (Å²) in [6, 6.07) is 15.3. The van der Waals surface area contributed by atoms with Crippen molar-refractivity contribution in [3.63, 3.8) is 0 Å². The minimum absolute atomic E-state index is 0. The quantitative estimate of drug-likeness (QED) is 0.460. The summed E-state index contributed by atoms with van der Waals surface area (Å²) in [6.45, 7) is 5.24. The second-order valence-corrected chi connectivity index (χ2v) is 4.90. The Morgan fingerprint density at radius 2 is 1.17 bits per heavy atom. The Morgan fingerprint density at radius 3 is 1.46 bits per heavy atom. The van der Waals surface area contributed by atoms with Crippen LogP contribution >= 0.6 is 12.2 Å². The number of thiocarbonyl (C=S) groups is 1. The van der Waals surface area contributed by atoms with Gasteiger partial charge in [0.05, 0.1) is 13.2 Å². The van der Waals surface area contributed by atoms with Crippen LogP contribution in [0.2, 0.25) is 0 Å². The van der Waals surface area contributed by atoms with Crippen molar-refractivity contribution in [1.29, 1.82) is 0 Å². The van der Waals surface area contributed by atoms with Gasteiger partial charge in [-0.15, -0.1) is 0 Å². The smallest absolute Gasteiger partial charge is 1.00 e. The van der Waals surface area contributed by atoms with E-state index >= 15 is 0 Å². The van der Waals surface area contributed by atoms with Crippen molar-refractivity contribution < 1.29 is 52.1 Å². The molecule has 123 valence electrons. The molecule has 0 bridgehead atoms. The van der Waals surface area contributed by atoms with Crippen molar-refractivity contribution in [3.05, 3.63) is 48.5 Å². The van der Waals surface area contributed by atoms with Crippen LogP contribution in [0.5, 0.6) is 11.5 Å². The van der Waals surface area contributed by atoms with E-state index in [9.17, 15) is 0 Å². The van der Waals surface area contributed by atoms with Crippen LogP contribution in [0.1, 0.15) is 15.3 Å². The molecule has 0 aliphatic rings. The van der Waals surface area contributed by atoms with Crippen molar-refractivity contribution in [1.82, 2.24) is 0 Å². The molecule has 0 unspecified atom stereocenters. The van der Waals surface area contributed by atoms with E-state index < -0.39 is 0 Å². The largest absolute Gasteiger partial charge is 1.00 e. The summed E-state index contributed by atoms with van der Waals surface area (Å²) in [5.41, 5.74) is 1.82. The minimum atomic E-state index is 0. The summed E-state index contributed by atoms with van der Waals surface area (Å²) in [7, 11) is 0. The van der Waals surface area contributed by atoms with E-state index in [1.54, 1.807) is 0 Å². The second-order valence-electron chi connectivity index (χ2n) is 4.49. The molecule has 0 fully saturated rings. The molecule has 0 aromatic heterocycles. The van der Waals surface area contributed by atoms with Crippen molar-refractivity contribution in [3.8, 4) is 11.5 Å². The fourth-order valence-corrected chi connectivity index (χ4v) is 2.13. The van der Waals surface area contributed by atoms with E-state index in [-0.39, 0.29) is 42.7 Å². The van der Waals surface area contributed by atoms with Gasteiger partial charge < -0.3 is 21.5 Å². The van der Waals surface area contributed by atoms with Gasteiger partial charge in [0, 0.05) is 33.8 Å². The standard InChI is InChI=1S/C17H20N2O2S.Li.Ta.H/c1-3-20-15-9-5-13(6-10-15)18-17(22)19-14-7-11-16(12-8-14)21-4-2;;;/h5-12H,3-4H2,1-2H3,(H2,18,19,22);;;/q;+1;;-1. The van der Waals surface area contributed by atoms with E-state index in [4.69, 9.17) is 21.7 Å². The number of hydrogen-bond acceptors (Lipinski definition) is 3. The zero-order valence-corrected chi connectivity index (χ0v) is 18.2. The van der Waals surface area contributed by atoms with Gasteiger partial charge in [0.1, 0.15) is 11.5 Å². The third kappa shape index (κ3) is 7.76. The van der Waals surface area contributed by atoms with Crippen LogP contribution in [-0.2, 0) is 22.4 Å². The van der Waals surface area contributed by atoms with E-state index in [0.29, 0.717) is 18.3 Å². The van der Waals surface area contributed by atoms with Gasteiger partial charge in [-0.05, 0) is 74.6 Å². The van der Waals surface area contributed by atoms with Crippen LogP contribution in [-0.4, -0.2) is 18.3 Å². The van der Waals surface area contributed by atoms with Gasteiger partial charge >= 0.3 is 18.9 Å². The molecule has 1 radical (unpaired) electrons. The maximum Gasteiger partial charge on any atom is 1.00 e. The normalized spacial score (nSPS) is 9.08. The number of benzene rings is 2. The SMILES string of the molecule is CCOc1ccc(NC(=S)Nc2ccc(OCC)cc2)cc1.[H-].[Li+].[Ta]. The van der Waals surface area contributed by atoms with Gasteiger partial charge in [-0.3, -0.25) is 0 Å². The zero-order valence-electron chi connectivity index (χ0n) is 15.2. The molecule has 0 saturated heterocycles. The number of anilines is 2. The van der Waals surface area contributed by atoms with Crippen molar-refractivity contribution in [2.45, 2.75) is 13.8 Å². The fraction of sp³-hybridized carbons (Fsp3) is 0.235. The molecule has 0 atom stereocenters. The molecule has 2 aromatic rings. The first-order valence-corrected chi connectivity index (χ1v) is 7.65. The van der Waals surface area contributed by atoms with Gasteiger partial charge in [0.25, 0.3) is 0 Å². The summed E-state index contributed by atoms with van der Waals surface area (Å²) >= 11 is 5.30. The van der Waals surface area contributed by atoms with Gasteiger partial charge in [0.15, 0.2) is 5.11 Å². The molecular formula is C17H21LiN2O2STa. The molecule has 24 heavy (non-hydrogen) atoms. The average molecular weight is 505 g/mol. The van der Waals surface area contributed by atoms with E-state index in [0.717, 1.165) is 22.9 Å². The maximum absolute atomic E-state index is 5.40. The minimum Gasteiger partial charge on any atom is -1.00 e. The van der Waals surface area contributed by atoms with E-state index in [2.05, 4.69) is 10.6 Å². The Kier molecular flexibility index (Phi) is 12.0. The molecule has 0 aliphatic heterocycles. The van der Waals surface area contributed by atoms with Crippen LogP contribution in [0.25, 0.3) is 0 Å². The molecule has 7 heteroatoms. The summed E-state index contributed by atoms with van der Waals surface area (Å²) in [5.74, 6) is 1.69. The Balaban J connectivity index is 0. The topological polar surface area (TPSA) is 42.5 Å². The second kappa shape index (κ2) is 12.4. The first-order chi connectivity index (χ1) is 10.7. The van der Waals surface area contributed by atoms with Gasteiger partial charge in [0.2, 0.25) is 0 Å². The van der Waals surface area contributed by atoms with E-state index in [1.165, 1.54) is 0 Å². The zero-order chi connectivity index (χ0) is 15.8. The average Bonchev–Trinajstić information content (AvgIpc) is 2.52. The maximum atomic E-state index is 5.40. The number of hydrogen-bond donors (Lipinski definition) is 2. The molecule has 0 spiro atoms. The van der Waals surface area contributed by atoms with Gasteiger partial charge in [-0.1, -0.05) is 0 Å². The molecule has 2 N–H and O–H groups in total. The summed E-state index contributed by atoms with van der Waals surface area (Å²) in [5, 5.41) is 6.80. The Bertz CT molecular complexity index is 562. The molecule has 0 aliphatic carbocycles. The summed E-state index contributed by atoms with van der Waals surface area (Å²) in [4.78, 5) is 0. The Hall–Kier alpha value is -0.932. The Morgan fingerprint density at radius 1 is 0.833 bits per heavy atom. The van der Waals surface area contributed by atoms with Gasteiger partial charge in [-0.25, -0.2) is 0 Å². The molecule has 0 amide bonds. The third-order valence-electron chi connectivity index (χ3n) is 2.85. The summed E-state index contributed by atoms with van der Waals surface area (Å²) < 4.78 is 10.8. The third-order valence-corrected chi connectivity index (χ3v) is 3.05. The van der Waals surface area contributed by atoms with E-state index in [1.807, 2.05) is 62.4 Å². The molecular weight excluding hydrogens is 484 g/mol. The van der Waals surface area contributed by atoms with Gasteiger partial charge in [-0.2, -0.15) is 0 Å². The number of ether oxygens (including phenoxy) is 2. The Labute approximate surface area is 177 Å². The predicted molar refractivity (Wildman–Crippen MR) is 96.2 cm³/mol. The molecule has 0 saturated carbocycles. The van der Waals surface area contributed by atoms with Crippen LogP contribution in [0.3, 0.4) is 0 Å². The molecule has 0 heterocycles. The first kappa shape index (κ1) is 23.1. The number of nitrogens with one attached hydrogen (secondary N) is 2. The summed E-state index contributed by atoms with van der Waals surface area (Å²) in [6.07, 6.45) is 0. The molecule has 2 rings (SSSR count). The monoisotopic (exact) mass is 505 g/mol. The van der Waals surface area contributed by atoms with Crippen molar-refractivity contribution >= 4 is 28.7 Å². The molecule has 4 nitrogen and oxygen atoms in total. The molecule has 2 aromatic carbocycles. The van der Waals surface area contributed by atoms with Crippen LogP contribution in [0.15, 0.2) is 48.5 Å². The first-order valence-electron chi connectivity index (χ1n) is 7.25. The fourth-order valence-electron chi connectivity index (χ4n) is 1.90. The van der Waals surface area contributed by atoms with Crippen LogP contribution in [0.4, 0.5) is 11.4 Å². The van der Waals surface area contributed by atoms with Crippen molar-refractivity contribution in [2.24, 2.45) is 0 Å². The number of rotatable bonds is 6.